The second-order valence-electron chi connectivity index (χ2n) is 5.08. The molecule has 1 aliphatic carbocycles. The van der Waals surface area contributed by atoms with Gasteiger partial charge in [0.2, 0.25) is 5.91 Å². The minimum atomic E-state index is 0.215. The first-order valence-electron chi connectivity index (χ1n) is 6.68. The van der Waals surface area contributed by atoms with E-state index < -0.39 is 0 Å². The molecular formula is C14H22N2OS. The van der Waals surface area contributed by atoms with E-state index in [1.807, 2.05) is 25.4 Å². The van der Waals surface area contributed by atoms with E-state index in [4.69, 9.17) is 0 Å². The first kappa shape index (κ1) is 13.6. The molecule has 1 amide bonds. The number of amides is 1. The highest BCUT2D eigenvalue weighted by Gasteiger charge is 2.14. The van der Waals surface area contributed by atoms with E-state index >= 15 is 0 Å². The SMILES string of the molecule is CN(C)C(=O)CCCNCc1cc2c(s1)CCC2. The number of nitrogens with one attached hydrogen (secondary N) is 1. The topological polar surface area (TPSA) is 32.3 Å². The molecule has 0 aromatic carbocycles. The highest BCUT2D eigenvalue weighted by Crippen LogP contribution is 2.30. The summed E-state index contributed by atoms with van der Waals surface area (Å²) in [7, 11) is 3.62. The molecule has 0 aliphatic heterocycles. The van der Waals surface area contributed by atoms with Crippen LogP contribution in [0.4, 0.5) is 0 Å². The summed E-state index contributed by atoms with van der Waals surface area (Å²) < 4.78 is 0. The number of aryl methyl sites for hydroxylation is 2. The number of carbonyl (C=O) groups excluding carboxylic acids is 1. The molecule has 18 heavy (non-hydrogen) atoms. The zero-order chi connectivity index (χ0) is 13.0. The Morgan fingerprint density at radius 2 is 2.28 bits per heavy atom. The highest BCUT2D eigenvalue weighted by atomic mass is 32.1. The van der Waals surface area contributed by atoms with Crippen molar-refractivity contribution < 1.29 is 4.79 Å². The van der Waals surface area contributed by atoms with E-state index in [0.717, 1.165) is 19.5 Å². The number of fused-ring (bicyclic) bond motifs is 1. The van der Waals surface area contributed by atoms with Gasteiger partial charge in [-0.25, -0.2) is 0 Å². The number of nitrogens with zero attached hydrogens (tertiary/aromatic N) is 1. The van der Waals surface area contributed by atoms with Crippen molar-refractivity contribution in [3.8, 4) is 0 Å². The Balaban J connectivity index is 1.62. The van der Waals surface area contributed by atoms with E-state index in [-0.39, 0.29) is 5.91 Å². The Morgan fingerprint density at radius 3 is 3.00 bits per heavy atom. The highest BCUT2D eigenvalue weighted by molar-refractivity contribution is 7.12. The van der Waals surface area contributed by atoms with Gasteiger partial charge >= 0.3 is 0 Å². The van der Waals surface area contributed by atoms with E-state index in [1.165, 1.54) is 24.1 Å². The zero-order valence-electron chi connectivity index (χ0n) is 11.3. The van der Waals surface area contributed by atoms with E-state index in [1.54, 1.807) is 15.3 Å². The van der Waals surface area contributed by atoms with Crippen LogP contribution in [0.5, 0.6) is 0 Å². The second-order valence-corrected chi connectivity index (χ2v) is 6.30. The fourth-order valence-corrected chi connectivity index (χ4v) is 3.51. The normalized spacial score (nSPS) is 13.7. The van der Waals surface area contributed by atoms with Gasteiger partial charge in [0.15, 0.2) is 0 Å². The Hall–Kier alpha value is -0.870. The Bertz CT molecular complexity index is 390. The summed E-state index contributed by atoms with van der Waals surface area (Å²) >= 11 is 1.95. The molecule has 1 N–H and O–H groups in total. The summed E-state index contributed by atoms with van der Waals surface area (Å²) in [4.78, 5) is 16.1. The number of carbonyl (C=O) groups is 1. The lowest BCUT2D eigenvalue weighted by Gasteiger charge is -2.09. The van der Waals surface area contributed by atoms with Crippen molar-refractivity contribution in [2.75, 3.05) is 20.6 Å². The maximum Gasteiger partial charge on any atom is 0.222 e. The monoisotopic (exact) mass is 266 g/mol. The summed E-state index contributed by atoms with van der Waals surface area (Å²) in [6, 6.07) is 2.35. The molecule has 100 valence electrons. The molecule has 1 aliphatic rings. The van der Waals surface area contributed by atoms with Crippen LogP contribution in [0.15, 0.2) is 6.07 Å². The maximum atomic E-state index is 11.4. The smallest absolute Gasteiger partial charge is 0.222 e. The second kappa shape index (κ2) is 6.34. The van der Waals surface area contributed by atoms with Gasteiger partial charge < -0.3 is 10.2 Å². The third-order valence-electron chi connectivity index (χ3n) is 3.34. The quantitative estimate of drug-likeness (QED) is 0.801. The van der Waals surface area contributed by atoms with E-state index in [9.17, 15) is 4.79 Å². The molecule has 4 heteroatoms. The van der Waals surface area contributed by atoms with Crippen LogP contribution in [0, 0.1) is 0 Å². The Morgan fingerprint density at radius 1 is 1.44 bits per heavy atom. The Kier molecular flexibility index (Phi) is 4.78. The van der Waals surface area contributed by atoms with Crippen molar-refractivity contribution in [1.82, 2.24) is 10.2 Å². The minimum Gasteiger partial charge on any atom is -0.349 e. The van der Waals surface area contributed by atoms with Gasteiger partial charge in [-0.05, 0) is 43.9 Å². The minimum absolute atomic E-state index is 0.215. The summed E-state index contributed by atoms with van der Waals surface area (Å²) in [6.07, 6.45) is 5.44. The predicted octanol–water partition coefficient (Wildman–Crippen LogP) is 2.19. The first-order chi connectivity index (χ1) is 8.66. The molecule has 1 heterocycles. The van der Waals surface area contributed by atoms with Gasteiger partial charge in [-0.1, -0.05) is 0 Å². The van der Waals surface area contributed by atoms with Gasteiger partial charge in [0.1, 0.15) is 0 Å². The van der Waals surface area contributed by atoms with Crippen molar-refractivity contribution in [3.63, 3.8) is 0 Å². The molecule has 0 unspecified atom stereocenters. The van der Waals surface area contributed by atoms with Crippen LogP contribution in [0.3, 0.4) is 0 Å². The number of rotatable bonds is 6. The van der Waals surface area contributed by atoms with Crippen LogP contribution >= 0.6 is 11.3 Å². The lowest BCUT2D eigenvalue weighted by Crippen LogP contribution is -2.23. The molecule has 0 saturated carbocycles. The average Bonchev–Trinajstić information content (AvgIpc) is 2.88. The van der Waals surface area contributed by atoms with Crippen LogP contribution in [-0.2, 0) is 24.2 Å². The molecule has 0 fully saturated rings. The summed E-state index contributed by atoms with van der Waals surface area (Å²) in [5, 5.41) is 3.42. The zero-order valence-corrected chi connectivity index (χ0v) is 12.1. The fraction of sp³-hybridized carbons (Fsp3) is 0.643. The number of hydrogen-bond donors (Lipinski definition) is 1. The van der Waals surface area contributed by atoms with E-state index in [0.29, 0.717) is 6.42 Å². The molecule has 3 nitrogen and oxygen atoms in total. The summed E-state index contributed by atoms with van der Waals surface area (Å²) in [6.45, 7) is 1.87. The van der Waals surface area contributed by atoms with Crippen LogP contribution in [-0.4, -0.2) is 31.4 Å². The van der Waals surface area contributed by atoms with Crippen molar-refractivity contribution in [1.29, 1.82) is 0 Å². The molecule has 0 radical (unpaired) electrons. The third-order valence-corrected chi connectivity index (χ3v) is 4.58. The Labute approximate surface area is 113 Å². The van der Waals surface area contributed by atoms with Crippen LogP contribution < -0.4 is 5.32 Å². The summed E-state index contributed by atoms with van der Waals surface area (Å²) in [5.74, 6) is 0.215. The average molecular weight is 266 g/mol. The largest absolute Gasteiger partial charge is 0.349 e. The van der Waals surface area contributed by atoms with Gasteiger partial charge in [0, 0.05) is 36.8 Å². The van der Waals surface area contributed by atoms with Crippen molar-refractivity contribution in [2.24, 2.45) is 0 Å². The fourth-order valence-electron chi connectivity index (χ4n) is 2.28. The van der Waals surface area contributed by atoms with Crippen LogP contribution in [0.2, 0.25) is 0 Å². The van der Waals surface area contributed by atoms with Gasteiger partial charge in [0.25, 0.3) is 0 Å². The lowest BCUT2D eigenvalue weighted by atomic mass is 10.2. The van der Waals surface area contributed by atoms with Crippen molar-refractivity contribution in [2.45, 2.75) is 38.6 Å². The molecular weight excluding hydrogens is 244 g/mol. The predicted molar refractivity (Wildman–Crippen MR) is 76.0 cm³/mol. The number of hydrogen-bond acceptors (Lipinski definition) is 3. The molecule has 0 atom stereocenters. The molecule has 2 rings (SSSR count). The maximum absolute atomic E-state index is 11.4. The summed E-state index contributed by atoms with van der Waals surface area (Å²) in [5.41, 5.74) is 1.57. The molecule has 1 aromatic rings. The van der Waals surface area contributed by atoms with Gasteiger partial charge in [-0.3, -0.25) is 4.79 Å². The van der Waals surface area contributed by atoms with Crippen LogP contribution in [0.1, 0.15) is 34.6 Å². The lowest BCUT2D eigenvalue weighted by molar-refractivity contribution is -0.128. The third kappa shape index (κ3) is 3.56. The molecule has 0 saturated heterocycles. The first-order valence-corrected chi connectivity index (χ1v) is 7.50. The van der Waals surface area contributed by atoms with Gasteiger partial charge in [-0.15, -0.1) is 11.3 Å². The standard InChI is InChI=1S/C14H22N2OS/c1-16(2)14(17)7-4-8-15-10-12-9-11-5-3-6-13(11)18-12/h9,15H,3-8,10H2,1-2H3. The van der Waals surface area contributed by atoms with Crippen molar-refractivity contribution in [3.05, 3.63) is 21.4 Å². The van der Waals surface area contributed by atoms with Crippen LogP contribution in [0.25, 0.3) is 0 Å². The molecule has 1 aromatic heterocycles. The molecule has 0 spiro atoms. The van der Waals surface area contributed by atoms with Crippen molar-refractivity contribution >= 4 is 17.2 Å². The number of thiophene rings is 1. The van der Waals surface area contributed by atoms with Gasteiger partial charge in [-0.2, -0.15) is 0 Å². The van der Waals surface area contributed by atoms with E-state index in [2.05, 4.69) is 11.4 Å². The van der Waals surface area contributed by atoms with Gasteiger partial charge in [0.05, 0.1) is 0 Å². The molecule has 0 bridgehead atoms.